The fraction of sp³-hybridized carbons (Fsp3) is 0.267. The first kappa shape index (κ1) is 12.6. The van der Waals surface area contributed by atoms with E-state index in [1.807, 2.05) is 12.1 Å². The second-order valence-corrected chi connectivity index (χ2v) is 4.58. The summed E-state index contributed by atoms with van der Waals surface area (Å²) in [7, 11) is 0. The second-order valence-electron chi connectivity index (χ2n) is 4.58. The molecule has 2 rings (SSSR count). The molecule has 1 aromatic heterocycles. The number of carbonyl (C=O) groups is 1. The maximum atomic E-state index is 11.3. The topological polar surface area (TPSA) is 34.9 Å². The number of aromatic nitrogens is 2. The first-order valence-electron chi connectivity index (χ1n) is 5.97. The van der Waals surface area contributed by atoms with Crippen molar-refractivity contribution in [3.8, 4) is 0 Å². The highest BCUT2D eigenvalue weighted by Crippen LogP contribution is 2.26. The van der Waals surface area contributed by atoms with Crippen LogP contribution >= 0.6 is 0 Å². The van der Waals surface area contributed by atoms with E-state index in [1.165, 1.54) is 22.6 Å². The van der Waals surface area contributed by atoms with Gasteiger partial charge in [-0.2, -0.15) is 0 Å². The first-order chi connectivity index (χ1) is 8.50. The van der Waals surface area contributed by atoms with Crippen molar-refractivity contribution >= 4 is 5.91 Å². The quantitative estimate of drug-likeness (QED) is 0.809. The zero-order valence-electron chi connectivity index (χ0n) is 11.0. The molecule has 0 bridgehead atoms. The van der Waals surface area contributed by atoms with E-state index in [9.17, 15) is 4.79 Å². The average molecular weight is 241 g/mol. The van der Waals surface area contributed by atoms with Gasteiger partial charge in [0.15, 0.2) is 0 Å². The molecule has 0 amide bonds. The number of rotatable bonds is 2. The van der Waals surface area contributed by atoms with Crippen LogP contribution in [0.25, 0.3) is 0 Å². The van der Waals surface area contributed by atoms with Crippen LogP contribution in [0.3, 0.4) is 0 Å². The molecule has 0 fully saturated rings. The van der Waals surface area contributed by atoms with Crippen molar-refractivity contribution in [2.75, 3.05) is 0 Å². The minimum Gasteiger partial charge on any atom is -0.276 e. The summed E-state index contributed by atoms with van der Waals surface area (Å²) in [5, 5.41) is 0. The molecular formula is C15H17N2O. The predicted molar refractivity (Wildman–Crippen MR) is 71.7 cm³/mol. The summed E-state index contributed by atoms with van der Waals surface area (Å²) in [4.78, 5) is 15.6. The number of benzene rings is 1. The fourth-order valence-corrected chi connectivity index (χ4v) is 2.07. The predicted octanol–water partition coefficient (Wildman–Crippen LogP) is 3.19. The number of imidazole rings is 1. The van der Waals surface area contributed by atoms with Crippen LogP contribution in [-0.4, -0.2) is 15.5 Å². The molecule has 2 aromatic rings. The Hall–Kier alpha value is -1.90. The highest BCUT2D eigenvalue weighted by atomic mass is 16.1. The Morgan fingerprint density at radius 1 is 1.44 bits per heavy atom. The van der Waals surface area contributed by atoms with Gasteiger partial charge >= 0.3 is 0 Å². The molecule has 0 aliphatic heterocycles. The van der Waals surface area contributed by atoms with E-state index in [0.29, 0.717) is 0 Å². The smallest absolute Gasteiger partial charge is 0.228 e. The third-order valence-electron chi connectivity index (χ3n) is 3.36. The molecule has 3 heteroatoms. The summed E-state index contributed by atoms with van der Waals surface area (Å²) in [5.74, 6) is 0.135. The molecule has 0 N–H and O–H groups in total. The van der Waals surface area contributed by atoms with Gasteiger partial charge in [-0.3, -0.25) is 9.36 Å². The summed E-state index contributed by atoms with van der Waals surface area (Å²) in [6.07, 6.45) is 3.36. The molecule has 0 spiro atoms. The molecule has 1 radical (unpaired) electrons. The number of carbonyl (C=O) groups excluding carboxylic acids is 1. The Balaban J connectivity index is 2.38. The van der Waals surface area contributed by atoms with Crippen molar-refractivity contribution < 1.29 is 4.79 Å². The molecule has 3 nitrogen and oxygen atoms in total. The second kappa shape index (κ2) is 4.77. The van der Waals surface area contributed by atoms with Gasteiger partial charge in [-0.15, -0.1) is 0 Å². The highest BCUT2D eigenvalue weighted by Gasteiger charge is 2.15. The lowest BCUT2D eigenvalue weighted by Crippen LogP contribution is -2.03. The van der Waals surface area contributed by atoms with Gasteiger partial charge in [0.2, 0.25) is 5.91 Å². The van der Waals surface area contributed by atoms with Gasteiger partial charge in [-0.1, -0.05) is 25.1 Å². The standard InChI is InChI=1S/C15H17N2O/c1-10-6-5-7-14(11(10)2)12(3)15-8-17(9-16-15)13(4)18/h5-9,12H,1H2,2-4H3/t12-/m0/s1. The van der Waals surface area contributed by atoms with Crippen molar-refractivity contribution in [2.45, 2.75) is 26.7 Å². The molecule has 1 atom stereocenters. The van der Waals surface area contributed by atoms with Gasteiger partial charge in [-0.05, 0) is 30.5 Å². The third-order valence-corrected chi connectivity index (χ3v) is 3.36. The molecule has 0 unspecified atom stereocenters. The van der Waals surface area contributed by atoms with Gasteiger partial charge in [0.25, 0.3) is 0 Å². The Morgan fingerprint density at radius 2 is 2.17 bits per heavy atom. The Bertz CT molecular complexity index is 584. The molecule has 1 aromatic carbocycles. The van der Waals surface area contributed by atoms with E-state index in [-0.39, 0.29) is 11.8 Å². The van der Waals surface area contributed by atoms with E-state index in [0.717, 1.165) is 11.3 Å². The van der Waals surface area contributed by atoms with E-state index in [1.54, 1.807) is 12.5 Å². The fourth-order valence-electron chi connectivity index (χ4n) is 2.07. The van der Waals surface area contributed by atoms with Crippen molar-refractivity contribution in [3.05, 3.63) is 60.0 Å². The maximum absolute atomic E-state index is 11.3. The van der Waals surface area contributed by atoms with Crippen LogP contribution in [0.2, 0.25) is 0 Å². The first-order valence-corrected chi connectivity index (χ1v) is 5.97. The Kier molecular flexibility index (Phi) is 3.32. The largest absolute Gasteiger partial charge is 0.276 e. The average Bonchev–Trinajstić information content (AvgIpc) is 2.81. The van der Waals surface area contributed by atoms with Crippen LogP contribution in [-0.2, 0) is 0 Å². The number of hydrogen-bond acceptors (Lipinski definition) is 2. The highest BCUT2D eigenvalue weighted by molar-refractivity contribution is 5.75. The van der Waals surface area contributed by atoms with Gasteiger partial charge in [0, 0.05) is 19.0 Å². The van der Waals surface area contributed by atoms with Crippen LogP contribution in [0.15, 0.2) is 30.7 Å². The molecule has 0 saturated carbocycles. The summed E-state index contributed by atoms with van der Waals surface area (Å²) in [5.41, 5.74) is 4.32. The Labute approximate surface area is 107 Å². The molecular weight excluding hydrogens is 224 g/mol. The van der Waals surface area contributed by atoms with Crippen LogP contribution in [0.5, 0.6) is 0 Å². The van der Waals surface area contributed by atoms with Crippen molar-refractivity contribution in [2.24, 2.45) is 0 Å². The normalized spacial score (nSPS) is 12.4. The van der Waals surface area contributed by atoms with Crippen LogP contribution in [0.1, 0.15) is 46.9 Å². The zero-order chi connectivity index (χ0) is 13.3. The summed E-state index contributed by atoms with van der Waals surface area (Å²) < 4.78 is 1.51. The summed E-state index contributed by atoms with van der Waals surface area (Å²) in [6.45, 7) is 9.69. The molecule has 18 heavy (non-hydrogen) atoms. The lowest BCUT2D eigenvalue weighted by Gasteiger charge is -2.14. The van der Waals surface area contributed by atoms with Crippen molar-refractivity contribution in [1.82, 2.24) is 9.55 Å². The number of hydrogen-bond donors (Lipinski definition) is 0. The van der Waals surface area contributed by atoms with Crippen LogP contribution in [0, 0.1) is 13.8 Å². The monoisotopic (exact) mass is 241 g/mol. The van der Waals surface area contributed by atoms with Gasteiger partial charge < -0.3 is 0 Å². The molecule has 0 aliphatic rings. The third kappa shape index (κ3) is 2.21. The number of nitrogens with zero attached hydrogens (tertiary/aromatic N) is 2. The Morgan fingerprint density at radius 3 is 2.78 bits per heavy atom. The lowest BCUT2D eigenvalue weighted by molar-refractivity contribution is 0.0936. The van der Waals surface area contributed by atoms with E-state index < -0.39 is 0 Å². The summed E-state index contributed by atoms with van der Waals surface area (Å²) in [6, 6.07) is 6.09. The zero-order valence-corrected chi connectivity index (χ0v) is 11.0. The van der Waals surface area contributed by atoms with E-state index in [2.05, 4.69) is 31.8 Å². The summed E-state index contributed by atoms with van der Waals surface area (Å²) >= 11 is 0. The molecule has 1 heterocycles. The SMILES string of the molecule is [CH2]c1cccc([C@H](C)c2cn(C(C)=O)cn2)c1C. The van der Waals surface area contributed by atoms with Crippen molar-refractivity contribution in [1.29, 1.82) is 0 Å². The van der Waals surface area contributed by atoms with Crippen LogP contribution in [0.4, 0.5) is 0 Å². The lowest BCUT2D eigenvalue weighted by atomic mass is 9.92. The van der Waals surface area contributed by atoms with Crippen LogP contribution < -0.4 is 0 Å². The minimum atomic E-state index is -0.0245. The van der Waals surface area contributed by atoms with Gasteiger partial charge in [0.1, 0.15) is 6.33 Å². The van der Waals surface area contributed by atoms with E-state index in [4.69, 9.17) is 0 Å². The molecule has 93 valence electrons. The maximum Gasteiger partial charge on any atom is 0.228 e. The molecule has 0 aliphatic carbocycles. The molecule has 0 saturated heterocycles. The van der Waals surface area contributed by atoms with Gasteiger partial charge in [0.05, 0.1) is 5.69 Å². The van der Waals surface area contributed by atoms with Crippen molar-refractivity contribution in [3.63, 3.8) is 0 Å². The van der Waals surface area contributed by atoms with Gasteiger partial charge in [-0.25, -0.2) is 4.98 Å². The van der Waals surface area contributed by atoms with E-state index >= 15 is 0 Å². The minimum absolute atomic E-state index is 0.0245.